The first kappa shape index (κ1) is 19.4. The number of nitrogens with zero attached hydrogens (tertiary/aromatic N) is 1. The smallest absolute Gasteiger partial charge is 0.0643 e. The van der Waals surface area contributed by atoms with E-state index in [1.165, 1.54) is 42.4 Å². The molecule has 4 aromatic rings. The van der Waals surface area contributed by atoms with E-state index in [4.69, 9.17) is 0 Å². The lowest BCUT2D eigenvalue weighted by Crippen LogP contribution is -2.00. The highest BCUT2D eigenvalue weighted by atomic mass is 32.1. The van der Waals surface area contributed by atoms with E-state index in [2.05, 4.69) is 80.5 Å². The fraction of sp³-hybridized carbons (Fsp3) is 0.148. The number of hydrogen-bond acceptors (Lipinski definition) is 2. The summed E-state index contributed by atoms with van der Waals surface area (Å²) in [4.78, 5) is 4.43. The first-order valence-corrected chi connectivity index (χ1v) is 10.6. The lowest BCUT2D eigenvalue weighted by Gasteiger charge is -2.11. The van der Waals surface area contributed by atoms with Gasteiger partial charge in [0.1, 0.15) is 0 Å². The highest BCUT2D eigenvalue weighted by Gasteiger charge is 2.14. The second-order valence-corrected chi connectivity index (χ2v) is 8.65. The predicted octanol–water partition coefficient (Wildman–Crippen LogP) is 7.98. The number of thiophene rings is 1. The van der Waals surface area contributed by atoms with Crippen molar-refractivity contribution in [1.29, 1.82) is 0 Å². The molecule has 4 rings (SSSR count). The molecule has 0 saturated carbocycles. The summed E-state index contributed by atoms with van der Waals surface area (Å²) >= 11 is 1.84. The molecule has 0 aliphatic heterocycles. The molecule has 0 aliphatic carbocycles. The Morgan fingerprint density at radius 1 is 0.931 bits per heavy atom. The highest BCUT2D eigenvalue weighted by molar-refractivity contribution is 7.25. The number of benzene rings is 3. The molecule has 0 N–H and O–H groups in total. The van der Waals surface area contributed by atoms with Gasteiger partial charge in [0.25, 0.3) is 0 Å². The number of rotatable bonds is 4. The van der Waals surface area contributed by atoms with Crippen molar-refractivity contribution in [2.45, 2.75) is 20.8 Å². The largest absolute Gasteiger partial charge is 0.288 e. The fourth-order valence-electron chi connectivity index (χ4n) is 4.13. The van der Waals surface area contributed by atoms with Crippen molar-refractivity contribution in [2.75, 3.05) is 7.05 Å². The molecule has 1 nitrogen and oxygen atoms in total. The van der Waals surface area contributed by atoms with Crippen LogP contribution in [0, 0.1) is 13.8 Å². The fourth-order valence-corrected chi connectivity index (χ4v) is 5.30. The standard InChI is InChI=1S/C27H25NS/c1-7-24(28-6)22-14-23-20-12-11-19(27-17(4)9-8-10-18(27)5)13-25(20)29-26(23)15-21(22)16(2)3/h7-15H,1-2H2,3-6H3. The van der Waals surface area contributed by atoms with E-state index in [1.807, 2.05) is 31.4 Å². The predicted molar refractivity (Wildman–Crippen MR) is 132 cm³/mol. The van der Waals surface area contributed by atoms with Gasteiger partial charge in [-0.05, 0) is 72.9 Å². The van der Waals surface area contributed by atoms with E-state index in [0.717, 1.165) is 22.4 Å². The summed E-state index contributed by atoms with van der Waals surface area (Å²) in [7, 11) is 1.81. The van der Waals surface area contributed by atoms with Crippen LogP contribution < -0.4 is 0 Å². The zero-order chi connectivity index (χ0) is 20.7. The Morgan fingerprint density at radius 2 is 1.62 bits per heavy atom. The Labute approximate surface area is 176 Å². The molecule has 0 saturated heterocycles. The minimum Gasteiger partial charge on any atom is -0.288 e. The van der Waals surface area contributed by atoms with Crippen molar-refractivity contribution in [1.82, 2.24) is 0 Å². The molecule has 1 heterocycles. The lowest BCUT2D eigenvalue weighted by molar-refractivity contribution is 1.38. The number of aliphatic imine (C=N–C) groups is 1. The van der Waals surface area contributed by atoms with Gasteiger partial charge in [0, 0.05) is 32.8 Å². The van der Waals surface area contributed by atoms with Crippen molar-refractivity contribution in [3.05, 3.63) is 90.0 Å². The number of hydrogen-bond donors (Lipinski definition) is 0. The van der Waals surface area contributed by atoms with Gasteiger partial charge >= 0.3 is 0 Å². The molecule has 29 heavy (non-hydrogen) atoms. The van der Waals surface area contributed by atoms with Crippen molar-refractivity contribution in [3.63, 3.8) is 0 Å². The second-order valence-electron chi connectivity index (χ2n) is 7.57. The van der Waals surface area contributed by atoms with Crippen LogP contribution in [0.5, 0.6) is 0 Å². The molecule has 0 atom stereocenters. The highest BCUT2D eigenvalue weighted by Crippen LogP contribution is 2.39. The quantitative estimate of drug-likeness (QED) is 0.311. The summed E-state index contributed by atoms with van der Waals surface area (Å²) in [6.45, 7) is 14.5. The molecule has 1 aromatic heterocycles. The molecule has 0 amide bonds. The average Bonchev–Trinajstić information content (AvgIpc) is 3.05. The first-order valence-electron chi connectivity index (χ1n) is 9.77. The molecule has 3 aromatic carbocycles. The minimum absolute atomic E-state index is 0.899. The van der Waals surface area contributed by atoms with Crippen LogP contribution in [0.4, 0.5) is 0 Å². The first-order chi connectivity index (χ1) is 13.9. The van der Waals surface area contributed by atoms with Gasteiger partial charge in [-0.25, -0.2) is 0 Å². The molecule has 0 aliphatic rings. The van der Waals surface area contributed by atoms with Crippen LogP contribution in [0.3, 0.4) is 0 Å². The van der Waals surface area contributed by atoms with E-state index in [1.54, 1.807) is 0 Å². The van der Waals surface area contributed by atoms with Gasteiger partial charge < -0.3 is 0 Å². The Morgan fingerprint density at radius 3 is 2.24 bits per heavy atom. The van der Waals surface area contributed by atoms with Crippen LogP contribution in [0.25, 0.3) is 36.9 Å². The van der Waals surface area contributed by atoms with Crippen molar-refractivity contribution < 1.29 is 0 Å². The molecule has 0 radical (unpaired) electrons. The Hall–Kier alpha value is -2.97. The Balaban J connectivity index is 2.00. The summed E-state index contributed by atoms with van der Waals surface area (Å²) in [6.07, 6.45) is 1.82. The minimum atomic E-state index is 0.899. The molecule has 144 valence electrons. The van der Waals surface area contributed by atoms with Gasteiger partial charge in [0.05, 0.1) is 5.71 Å². The third kappa shape index (κ3) is 3.24. The van der Waals surface area contributed by atoms with Gasteiger partial charge in [-0.1, -0.05) is 49.1 Å². The van der Waals surface area contributed by atoms with Crippen molar-refractivity contribution >= 4 is 42.8 Å². The van der Waals surface area contributed by atoms with Gasteiger partial charge in [0.2, 0.25) is 0 Å². The SMILES string of the molecule is C=CC(=NC)c1cc2c(cc1C(=C)C)sc1cc(-c3c(C)cccc3C)ccc12. The third-order valence-electron chi connectivity index (χ3n) is 5.55. The number of allylic oxidation sites excluding steroid dienone is 2. The van der Waals surface area contributed by atoms with Crippen LogP contribution in [0.15, 0.2) is 72.8 Å². The number of fused-ring (bicyclic) bond motifs is 3. The summed E-state index contributed by atoms with van der Waals surface area (Å²) in [5, 5.41) is 2.55. The van der Waals surface area contributed by atoms with E-state index in [-0.39, 0.29) is 0 Å². The van der Waals surface area contributed by atoms with Gasteiger partial charge in [-0.3, -0.25) is 4.99 Å². The molecular weight excluding hydrogens is 370 g/mol. The van der Waals surface area contributed by atoms with Crippen LogP contribution >= 0.6 is 11.3 Å². The maximum atomic E-state index is 4.43. The third-order valence-corrected chi connectivity index (χ3v) is 6.67. The van der Waals surface area contributed by atoms with E-state index in [0.29, 0.717) is 0 Å². The molecule has 0 spiro atoms. The molecule has 0 unspecified atom stereocenters. The molecule has 0 bridgehead atoms. The lowest BCUT2D eigenvalue weighted by atomic mass is 9.94. The van der Waals surface area contributed by atoms with Gasteiger partial charge in [0.15, 0.2) is 0 Å². The zero-order valence-corrected chi connectivity index (χ0v) is 18.3. The Bertz CT molecular complexity index is 1300. The number of aryl methyl sites for hydroxylation is 2. The second kappa shape index (κ2) is 7.46. The molecule has 0 fully saturated rings. The van der Waals surface area contributed by atoms with Gasteiger partial charge in [-0.2, -0.15) is 0 Å². The monoisotopic (exact) mass is 395 g/mol. The van der Waals surface area contributed by atoms with Gasteiger partial charge in [-0.15, -0.1) is 11.3 Å². The summed E-state index contributed by atoms with van der Waals surface area (Å²) in [6, 6.07) is 17.8. The normalized spacial score (nSPS) is 11.9. The molecular formula is C27H25NS. The van der Waals surface area contributed by atoms with Crippen molar-refractivity contribution in [2.24, 2.45) is 4.99 Å². The van der Waals surface area contributed by atoms with E-state index >= 15 is 0 Å². The van der Waals surface area contributed by atoms with Crippen LogP contribution in [-0.2, 0) is 0 Å². The Kier molecular flexibility index (Phi) is 4.97. The van der Waals surface area contributed by atoms with E-state index < -0.39 is 0 Å². The maximum absolute atomic E-state index is 4.43. The van der Waals surface area contributed by atoms with E-state index in [9.17, 15) is 0 Å². The maximum Gasteiger partial charge on any atom is 0.0643 e. The topological polar surface area (TPSA) is 12.4 Å². The summed E-state index contributed by atoms with van der Waals surface area (Å²) < 4.78 is 2.58. The van der Waals surface area contributed by atoms with Crippen LogP contribution in [0.1, 0.15) is 29.2 Å². The van der Waals surface area contributed by atoms with Crippen LogP contribution in [0.2, 0.25) is 0 Å². The molecule has 2 heteroatoms. The summed E-state index contributed by atoms with van der Waals surface area (Å²) in [5.41, 5.74) is 9.42. The zero-order valence-electron chi connectivity index (χ0n) is 17.5. The summed E-state index contributed by atoms with van der Waals surface area (Å²) in [5.74, 6) is 0. The average molecular weight is 396 g/mol. The van der Waals surface area contributed by atoms with Crippen LogP contribution in [-0.4, -0.2) is 12.8 Å². The van der Waals surface area contributed by atoms with Crippen molar-refractivity contribution in [3.8, 4) is 11.1 Å².